The number of hydrogen-bond donors (Lipinski definition) is 2. The van der Waals surface area contributed by atoms with Gasteiger partial charge in [-0.25, -0.2) is 0 Å². The largest absolute Gasteiger partial charge is 0.389 e. The number of para-hydroxylation sites is 1. The third-order valence-electron chi connectivity index (χ3n) is 2.41. The van der Waals surface area contributed by atoms with Crippen molar-refractivity contribution in [3.05, 3.63) is 47.8 Å². The van der Waals surface area contributed by atoms with Gasteiger partial charge in [0.25, 0.3) is 5.91 Å². The van der Waals surface area contributed by atoms with Gasteiger partial charge in [-0.1, -0.05) is 24.4 Å². The van der Waals surface area contributed by atoms with Crippen LogP contribution in [0.5, 0.6) is 0 Å². The maximum Gasteiger partial charge on any atom is 0.258 e. The zero-order chi connectivity index (χ0) is 13.1. The monoisotopic (exact) mass is 260 g/mol. The van der Waals surface area contributed by atoms with Gasteiger partial charge in [-0.2, -0.15) is 5.10 Å². The summed E-state index contributed by atoms with van der Waals surface area (Å²) in [7, 11) is 1.75. The second-order valence-corrected chi connectivity index (χ2v) is 4.21. The lowest BCUT2D eigenvalue weighted by molar-refractivity contribution is 0.102. The maximum absolute atomic E-state index is 12.0. The van der Waals surface area contributed by atoms with Gasteiger partial charge in [0, 0.05) is 18.8 Å². The van der Waals surface area contributed by atoms with Crippen LogP contribution in [-0.4, -0.2) is 20.7 Å². The first-order valence-corrected chi connectivity index (χ1v) is 5.67. The SMILES string of the molecule is Cn1cc(C(=O)Nc2ccccc2C(N)=S)cn1. The number of anilines is 1. The second-order valence-electron chi connectivity index (χ2n) is 3.77. The second kappa shape index (κ2) is 4.97. The summed E-state index contributed by atoms with van der Waals surface area (Å²) in [5, 5.41) is 6.70. The predicted octanol–water partition coefficient (Wildman–Crippen LogP) is 1.31. The molecular formula is C12H12N4OS. The first kappa shape index (κ1) is 12.3. The van der Waals surface area contributed by atoms with E-state index in [4.69, 9.17) is 18.0 Å². The zero-order valence-corrected chi connectivity index (χ0v) is 10.6. The van der Waals surface area contributed by atoms with Crippen LogP contribution in [0.3, 0.4) is 0 Å². The number of aryl methyl sites for hydroxylation is 1. The molecular weight excluding hydrogens is 248 g/mol. The lowest BCUT2D eigenvalue weighted by Crippen LogP contribution is -2.17. The van der Waals surface area contributed by atoms with Gasteiger partial charge >= 0.3 is 0 Å². The molecule has 3 N–H and O–H groups in total. The zero-order valence-electron chi connectivity index (χ0n) is 9.75. The molecule has 0 saturated heterocycles. The predicted molar refractivity (Wildman–Crippen MR) is 73.5 cm³/mol. The number of rotatable bonds is 3. The van der Waals surface area contributed by atoms with Crippen LogP contribution in [0.15, 0.2) is 36.7 Å². The average Bonchev–Trinajstić information content (AvgIpc) is 2.76. The number of thiocarbonyl (C=S) groups is 1. The Bertz CT molecular complexity index is 606. The van der Waals surface area contributed by atoms with Gasteiger partial charge in [0.1, 0.15) is 4.99 Å². The van der Waals surface area contributed by atoms with E-state index in [2.05, 4.69) is 10.4 Å². The quantitative estimate of drug-likeness (QED) is 0.816. The fraction of sp³-hybridized carbons (Fsp3) is 0.0833. The molecule has 0 atom stereocenters. The minimum atomic E-state index is -0.244. The van der Waals surface area contributed by atoms with Crippen LogP contribution < -0.4 is 11.1 Å². The van der Waals surface area contributed by atoms with Gasteiger partial charge in [0.15, 0.2) is 0 Å². The average molecular weight is 260 g/mol. The van der Waals surface area contributed by atoms with Gasteiger partial charge in [-0.3, -0.25) is 9.48 Å². The number of amides is 1. The summed E-state index contributed by atoms with van der Waals surface area (Å²) in [6.07, 6.45) is 3.14. The fourth-order valence-electron chi connectivity index (χ4n) is 1.54. The summed E-state index contributed by atoms with van der Waals surface area (Å²) in [5.74, 6) is -0.244. The molecule has 18 heavy (non-hydrogen) atoms. The Hall–Kier alpha value is -2.21. The van der Waals surface area contributed by atoms with E-state index in [0.29, 0.717) is 16.8 Å². The number of nitrogens with two attached hydrogens (primary N) is 1. The lowest BCUT2D eigenvalue weighted by Gasteiger charge is -2.08. The highest BCUT2D eigenvalue weighted by Crippen LogP contribution is 2.15. The molecule has 92 valence electrons. The van der Waals surface area contributed by atoms with Crippen LogP contribution in [0.4, 0.5) is 5.69 Å². The maximum atomic E-state index is 12.0. The first-order chi connectivity index (χ1) is 8.58. The molecule has 5 nitrogen and oxygen atoms in total. The first-order valence-electron chi connectivity index (χ1n) is 5.27. The third-order valence-corrected chi connectivity index (χ3v) is 2.63. The minimum absolute atomic E-state index is 0.244. The van der Waals surface area contributed by atoms with Crippen LogP contribution in [0.2, 0.25) is 0 Å². The fourth-order valence-corrected chi connectivity index (χ4v) is 1.72. The Labute approximate surface area is 110 Å². The van der Waals surface area contributed by atoms with E-state index >= 15 is 0 Å². The van der Waals surface area contributed by atoms with Crippen LogP contribution >= 0.6 is 12.2 Å². The van der Waals surface area contributed by atoms with Crippen LogP contribution in [0, 0.1) is 0 Å². The molecule has 2 aromatic rings. The van der Waals surface area contributed by atoms with E-state index in [9.17, 15) is 4.79 Å². The molecule has 0 aliphatic heterocycles. The van der Waals surface area contributed by atoms with E-state index in [1.54, 1.807) is 36.1 Å². The molecule has 1 aromatic heterocycles. The molecule has 0 spiro atoms. The Balaban J connectivity index is 2.24. The summed E-state index contributed by atoms with van der Waals surface area (Å²) in [5.41, 5.74) is 7.32. The molecule has 0 saturated carbocycles. The number of hydrogen-bond acceptors (Lipinski definition) is 3. The van der Waals surface area contributed by atoms with Gasteiger partial charge in [-0.15, -0.1) is 0 Å². The Kier molecular flexibility index (Phi) is 3.38. The molecule has 0 unspecified atom stereocenters. The van der Waals surface area contributed by atoms with Crippen molar-refractivity contribution in [2.45, 2.75) is 0 Å². The Morgan fingerprint density at radius 3 is 2.78 bits per heavy atom. The summed E-state index contributed by atoms with van der Waals surface area (Å²) in [6.45, 7) is 0. The van der Waals surface area contributed by atoms with Crippen molar-refractivity contribution < 1.29 is 4.79 Å². The van der Waals surface area contributed by atoms with Crippen molar-refractivity contribution in [1.82, 2.24) is 9.78 Å². The lowest BCUT2D eigenvalue weighted by atomic mass is 10.1. The number of aromatic nitrogens is 2. The van der Waals surface area contributed by atoms with Gasteiger partial charge in [-0.05, 0) is 12.1 Å². The molecule has 0 bridgehead atoms. The molecule has 6 heteroatoms. The highest BCUT2D eigenvalue weighted by molar-refractivity contribution is 7.80. The number of carbonyl (C=O) groups is 1. The van der Waals surface area contributed by atoms with Gasteiger partial charge in [0.05, 0.1) is 17.4 Å². The highest BCUT2D eigenvalue weighted by atomic mass is 32.1. The standard InChI is InChI=1S/C12H12N4OS/c1-16-7-8(6-14-16)12(17)15-10-5-3-2-4-9(10)11(13)18/h2-7H,1H3,(H2,13,18)(H,15,17). The molecule has 1 aromatic carbocycles. The third kappa shape index (κ3) is 2.54. The topological polar surface area (TPSA) is 72.9 Å². The van der Waals surface area contributed by atoms with Crippen molar-refractivity contribution in [3.63, 3.8) is 0 Å². The summed E-state index contributed by atoms with van der Waals surface area (Å²) in [4.78, 5) is 12.2. The summed E-state index contributed by atoms with van der Waals surface area (Å²) >= 11 is 4.93. The summed E-state index contributed by atoms with van der Waals surface area (Å²) in [6, 6.07) is 7.14. The van der Waals surface area contributed by atoms with E-state index in [1.165, 1.54) is 6.20 Å². The Morgan fingerprint density at radius 1 is 1.44 bits per heavy atom. The van der Waals surface area contributed by atoms with Crippen molar-refractivity contribution in [3.8, 4) is 0 Å². The highest BCUT2D eigenvalue weighted by Gasteiger charge is 2.11. The van der Waals surface area contributed by atoms with Gasteiger partial charge < -0.3 is 11.1 Å². The van der Waals surface area contributed by atoms with Crippen molar-refractivity contribution in [2.24, 2.45) is 12.8 Å². The molecule has 2 rings (SSSR count). The molecule has 0 radical (unpaired) electrons. The summed E-state index contributed by atoms with van der Waals surface area (Å²) < 4.78 is 1.56. The van der Waals surface area contributed by atoms with Crippen molar-refractivity contribution >= 4 is 28.8 Å². The van der Waals surface area contributed by atoms with Gasteiger partial charge in [0.2, 0.25) is 0 Å². The molecule has 0 aliphatic carbocycles. The van der Waals surface area contributed by atoms with Crippen LogP contribution in [0.1, 0.15) is 15.9 Å². The van der Waals surface area contributed by atoms with Crippen LogP contribution in [-0.2, 0) is 7.05 Å². The number of carbonyl (C=O) groups excluding carboxylic acids is 1. The number of nitrogens with one attached hydrogen (secondary N) is 1. The number of nitrogens with zero attached hydrogens (tertiary/aromatic N) is 2. The Morgan fingerprint density at radius 2 is 2.17 bits per heavy atom. The van der Waals surface area contributed by atoms with Crippen molar-refractivity contribution in [1.29, 1.82) is 0 Å². The van der Waals surface area contributed by atoms with Crippen LogP contribution in [0.25, 0.3) is 0 Å². The molecule has 0 aliphatic rings. The van der Waals surface area contributed by atoms with Crippen molar-refractivity contribution in [2.75, 3.05) is 5.32 Å². The molecule has 1 amide bonds. The van der Waals surface area contributed by atoms with E-state index in [0.717, 1.165) is 0 Å². The smallest absolute Gasteiger partial charge is 0.258 e. The normalized spacial score (nSPS) is 10.1. The van der Waals surface area contributed by atoms with E-state index in [-0.39, 0.29) is 10.9 Å². The molecule has 0 fully saturated rings. The number of benzene rings is 1. The minimum Gasteiger partial charge on any atom is -0.389 e. The van der Waals surface area contributed by atoms with E-state index < -0.39 is 0 Å². The molecule has 1 heterocycles. The van der Waals surface area contributed by atoms with E-state index in [1.807, 2.05) is 6.07 Å².